The Morgan fingerprint density at radius 2 is 2.12 bits per heavy atom. The quantitative estimate of drug-likeness (QED) is 0.464. The first-order chi connectivity index (χ1) is 12.6. The van der Waals surface area contributed by atoms with Crippen LogP contribution in [0.1, 0.15) is 22.8 Å². The summed E-state index contributed by atoms with van der Waals surface area (Å²) >= 11 is 1.49. The molecule has 0 aliphatic rings. The topological polar surface area (TPSA) is 96.2 Å². The minimum Gasteiger partial charge on any atom is -0.496 e. The largest absolute Gasteiger partial charge is 0.496 e. The number of benzene rings is 1. The Morgan fingerprint density at radius 3 is 2.81 bits per heavy atom. The monoisotopic (exact) mass is 372 g/mol. The lowest BCUT2D eigenvalue weighted by molar-refractivity contribution is -0.146. The van der Waals surface area contributed by atoms with Crippen molar-refractivity contribution < 1.29 is 19.1 Å². The smallest absolute Gasteiger partial charge is 0.330 e. The minimum absolute atomic E-state index is 0.0182. The molecule has 9 heteroatoms. The van der Waals surface area contributed by atoms with Crippen LogP contribution in [-0.2, 0) is 22.7 Å². The first-order valence-electron chi connectivity index (χ1n) is 7.72. The average molecular weight is 372 g/mol. The molecule has 0 amide bonds. The van der Waals surface area contributed by atoms with Gasteiger partial charge in [-0.15, -0.1) is 21.5 Å². The van der Waals surface area contributed by atoms with Gasteiger partial charge < -0.3 is 9.47 Å². The van der Waals surface area contributed by atoms with E-state index in [0.29, 0.717) is 22.7 Å². The summed E-state index contributed by atoms with van der Waals surface area (Å²) < 4.78 is 10.5. The van der Waals surface area contributed by atoms with Crippen molar-refractivity contribution in [3.63, 3.8) is 0 Å². The molecule has 0 aliphatic carbocycles. The van der Waals surface area contributed by atoms with Crippen LogP contribution < -0.4 is 4.74 Å². The van der Waals surface area contributed by atoms with Gasteiger partial charge >= 0.3 is 5.97 Å². The number of methoxy groups -OCH3 is 1. The van der Waals surface area contributed by atoms with Gasteiger partial charge in [0, 0.05) is 11.1 Å². The second-order valence-electron chi connectivity index (χ2n) is 5.36. The van der Waals surface area contributed by atoms with Gasteiger partial charge in [0.1, 0.15) is 12.4 Å². The van der Waals surface area contributed by atoms with Crippen LogP contribution in [0.25, 0.3) is 10.7 Å². The highest BCUT2D eigenvalue weighted by Gasteiger charge is 2.13. The van der Waals surface area contributed by atoms with Crippen LogP contribution in [0.3, 0.4) is 0 Å². The van der Waals surface area contributed by atoms with Crippen LogP contribution in [0, 0.1) is 0 Å². The molecule has 0 aliphatic heterocycles. The predicted octanol–water partition coefficient (Wildman–Crippen LogP) is 2.36. The molecule has 2 heterocycles. The number of aromatic nitrogens is 4. The molecule has 0 bridgehead atoms. The number of thiophene rings is 1. The molecule has 0 atom stereocenters. The van der Waals surface area contributed by atoms with Crippen LogP contribution in [0.15, 0.2) is 35.7 Å². The van der Waals surface area contributed by atoms with Gasteiger partial charge in [-0.05, 0) is 41.8 Å². The van der Waals surface area contributed by atoms with Gasteiger partial charge in [0.15, 0.2) is 12.3 Å². The standard InChI is InChI=1S/C17H16N4O4S/c1-11(22)12-5-6-14(24-2)13(8-12)10-25-16(23)9-21-19-17(18-20-21)15-4-3-7-26-15/h3-8H,9-10H2,1-2H3. The fraction of sp³-hybridized carbons (Fsp3) is 0.235. The van der Waals surface area contributed by atoms with E-state index in [9.17, 15) is 9.59 Å². The van der Waals surface area contributed by atoms with Crippen molar-refractivity contribution in [2.75, 3.05) is 7.11 Å². The number of Topliss-reactive ketones (excluding diaryl/α,β-unsaturated/α-hetero) is 1. The summed E-state index contributed by atoms with van der Waals surface area (Å²) in [6, 6.07) is 8.75. The number of ketones is 1. The van der Waals surface area contributed by atoms with E-state index in [1.54, 1.807) is 18.2 Å². The summed E-state index contributed by atoms with van der Waals surface area (Å²) in [5.41, 5.74) is 1.13. The fourth-order valence-electron chi connectivity index (χ4n) is 2.24. The molecular weight excluding hydrogens is 356 g/mol. The van der Waals surface area contributed by atoms with Gasteiger partial charge in [0.05, 0.1) is 12.0 Å². The molecule has 0 saturated heterocycles. The van der Waals surface area contributed by atoms with Crippen molar-refractivity contribution in [1.29, 1.82) is 0 Å². The van der Waals surface area contributed by atoms with Crippen molar-refractivity contribution in [3.05, 3.63) is 46.8 Å². The first kappa shape index (κ1) is 17.7. The zero-order chi connectivity index (χ0) is 18.5. The predicted molar refractivity (Wildman–Crippen MR) is 93.9 cm³/mol. The van der Waals surface area contributed by atoms with Crippen molar-refractivity contribution in [2.45, 2.75) is 20.1 Å². The molecule has 8 nitrogen and oxygen atoms in total. The minimum atomic E-state index is -0.518. The van der Waals surface area contributed by atoms with Gasteiger partial charge in [0.2, 0.25) is 5.82 Å². The van der Waals surface area contributed by atoms with Gasteiger partial charge in [-0.25, -0.2) is 4.79 Å². The molecule has 0 unspecified atom stereocenters. The number of hydrogen-bond donors (Lipinski definition) is 0. The number of carbonyl (C=O) groups excluding carboxylic acids is 2. The zero-order valence-electron chi connectivity index (χ0n) is 14.2. The van der Waals surface area contributed by atoms with Gasteiger partial charge in [-0.3, -0.25) is 4.79 Å². The van der Waals surface area contributed by atoms with Crippen molar-refractivity contribution in [2.24, 2.45) is 0 Å². The summed E-state index contributed by atoms with van der Waals surface area (Å²) in [4.78, 5) is 25.6. The Labute approximate surface area is 153 Å². The highest BCUT2D eigenvalue weighted by Crippen LogP contribution is 2.21. The third-order valence-electron chi connectivity index (χ3n) is 3.54. The Balaban J connectivity index is 1.62. The Bertz CT molecular complexity index is 921. The number of hydrogen-bond acceptors (Lipinski definition) is 8. The molecule has 0 N–H and O–H groups in total. The maximum absolute atomic E-state index is 12.0. The molecule has 2 aromatic heterocycles. The van der Waals surface area contributed by atoms with E-state index in [4.69, 9.17) is 9.47 Å². The van der Waals surface area contributed by atoms with Crippen LogP contribution in [0.2, 0.25) is 0 Å². The maximum Gasteiger partial charge on any atom is 0.330 e. The highest BCUT2D eigenvalue weighted by atomic mass is 32.1. The van der Waals surface area contributed by atoms with Crippen molar-refractivity contribution in [1.82, 2.24) is 20.2 Å². The van der Waals surface area contributed by atoms with Crippen LogP contribution in [0.5, 0.6) is 5.75 Å². The number of esters is 1. The Morgan fingerprint density at radius 1 is 1.27 bits per heavy atom. The number of ether oxygens (including phenoxy) is 2. The molecule has 26 heavy (non-hydrogen) atoms. The fourth-order valence-corrected chi connectivity index (χ4v) is 2.89. The summed E-state index contributed by atoms with van der Waals surface area (Å²) in [6.45, 7) is 1.29. The summed E-state index contributed by atoms with van der Waals surface area (Å²) in [6.07, 6.45) is 0. The summed E-state index contributed by atoms with van der Waals surface area (Å²) in [5, 5.41) is 13.8. The molecule has 0 saturated carbocycles. The Kier molecular flexibility index (Phi) is 5.37. The molecule has 3 aromatic rings. The molecular formula is C17H16N4O4S. The Hall–Kier alpha value is -3.07. The van der Waals surface area contributed by atoms with E-state index in [2.05, 4.69) is 15.4 Å². The molecule has 134 valence electrons. The molecule has 3 rings (SSSR count). The van der Waals surface area contributed by atoms with Gasteiger partial charge in [0.25, 0.3) is 0 Å². The van der Waals surface area contributed by atoms with Gasteiger partial charge in [-0.1, -0.05) is 6.07 Å². The lowest BCUT2D eigenvalue weighted by Crippen LogP contribution is -2.16. The lowest BCUT2D eigenvalue weighted by Gasteiger charge is -2.10. The average Bonchev–Trinajstić information content (AvgIpc) is 3.31. The van der Waals surface area contributed by atoms with E-state index < -0.39 is 5.97 Å². The number of nitrogens with zero attached hydrogens (tertiary/aromatic N) is 4. The molecule has 1 aromatic carbocycles. The molecule has 0 fully saturated rings. The maximum atomic E-state index is 12.0. The van der Waals surface area contributed by atoms with Crippen LogP contribution >= 0.6 is 11.3 Å². The van der Waals surface area contributed by atoms with Gasteiger partial charge in [-0.2, -0.15) is 4.80 Å². The second-order valence-corrected chi connectivity index (χ2v) is 6.31. The molecule has 0 radical (unpaired) electrons. The zero-order valence-corrected chi connectivity index (χ0v) is 15.0. The lowest BCUT2D eigenvalue weighted by atomic mass is 10.1. The SMILES string of the molecule is COc1ccc(C(C)=O)cc1COC(=O)Cn1nnc(-c2cccs2)n1. The second kappa shape index (κ2) is 7.87. The molecule has 0 spiro atoms. The normalized spacial score (nSPS) is 10.5. The third kappa shape index (κ3) is 4.12. The highest BCUT2D eigenvalue weighted by molar-refractivity contribution is 7.13. The van der Waals surface area contributed by atoms with Crippen molar-refractivity contribution >= 4 is 23.1 Å². The van der Waals surface area contributed by atoms with E-state index in [-0.39, 0.29) is 18.9 Å². The van der Waals surface area contributed by atoms with Crippen molar-refractivity contribution in [3.8, 4) is 16.5 Å². The number of carbonyl (C=O) groups is 2. The van der Waals surface area contributed by atoms with E-state index in [1.807, 2.05) is 17.5 Å². The summed E-state index contributed by atoms with van der Waals surface area (Å²) in [7, 11) is 1.51. The van der Waals surface area contributed by atoms with E-state index in [0.717, 1.165) is 4.88 Å². The van der Waals surface area contributed by atoms with E-state index >= 15 is 0 Å². The third-order valence-corrected chi connectivity index (χ3v) is 4.41. The van der Waals surface area contributed by atoms with Crippen LogP contribution in [0.4, 0.5) is 0 Å². The summed E-state index contributed by atoms with van der Waals surface area (Å²) in [5.74, 6) is 0.411. The van der Waals surface area contributed by atoms with Crippen LogP contribution in [-0.4, -0.2) is 39.1 Å². The van der Waals surface area contributed by atoms with E-state index in [1.165, 1.54) is 30.2 Å². The number of rotatable bonds is 7. The number of tetrazole rings is 1. The first-order valence-corrected chi connectivity index (χ1v) is 8.60.